The number of aromatic nitrogens is 1. The fourth-order valence-electron chi connectivity index (χ4n) is 4.06. The molecule has 1 aromatic carbocycles. The van der Waals surface area contributed by atoms with Gasteiger partial charge in [0.05, 0.1) is 18.0 Å². The molecule has 1 atom stereocenters. The minimum Gasteiger partial charge on any atom is -0.449 e. The fourth-order valence-corrected chi connectivity index (χ4v) is 4.17. The van der Waals surface area contributed by atoms with Gasteiger partial charge in [0.2, 0.25) is 0 Å². The van der Waals surface area contributed by atoms with E-state index in [1.807, 2.05) is 12.1 Å². The van der Waals surface area contributed by atoms with Gasteiger partial charge in [0.15, 0.2) is 0 Å². The third-order valence-electron chi connectivity index (χ3n) is 5.25. The molecule has 1 aromatic heterocycles. The molecule has 0 fully saturated rings. The second kappa shape index (κ2) is 8.17. The number of rotatable bonds is 5. The zero-order valence-electron chi connectivity index (χ0n) is 15.3. The van der Waals surface area contributed by atoms with E-state index < -0.39 is 6.09 Å². The molecule has 3 heterocycles. The van der Waals surface area contributed by atoms with Crippen molar-refractivity contribution in [2.75, 3.05) is 35.8 Å². The lowest BCUT2D eigenvalue weighted by atomic mass is 9.84. The zero-order chi connectivity index (χ0) is 18.6. The molecule has 0 saturated heterocycles. The van der Waals surface area contributed by atoms with E-state index in [0.29, 0.717) is 24.7 Å². The summed E-state index contributed by atoms with van der Waals surface area (Å²) in [5.74, 6) is 1.30. The number of aryl methyl sites for hydroxylation is 1. The van der Waals surface area contributed by atoms with Gasteiger partial charge in [-0.2, -0.15) is 0 Å². The minimum absolute atomic E-state index is 0.253. The van der Waals surface area contributed by atoms with Gasteiger partial charge in [0, 0.05) is 24.9 Å². The Kier molecular flexibility index (Phi) is 5.48. The molecular weight excluding hydrogens is 362 g/mol. The Balaban J connectivity index is 1.65. The number of halogens is 1. The molecular formula is C21H24ClN3O2. The van der Waals surface area contributed by atoms with Crippen molar-refractivity contribution in [3.05, 3.63) is 53.2 Å². The van der Waals surface area contributed by atoms with Crippen molar-refractivity contribution < 1.29 is 9.53 Å². The van der Waals surface area contributed by atoms with E-state index in [1.54, 1.807) is 0 Å². The average molecular weight is 386 g/mol. The van der Waals surface area contributed by atoms with Gasteiger partial charge in [-0.1, -0.05) is 30.3 Å². The highest BCUT2D eigenvalue weighted by Crippen LogP contribution is 2.43. The zero-order valence-corrected chi connectivity index (χ0v) is 16.0. The van der Waals surface area contributed by atoms with E-state index in [4.69, 9.17) is 21.3 Å². The molecule has 0 spiro atoms. The number of nitrogens with zero attached hydrogens (tertiary/aromatic N) is 2. The first-order valence-electron chi connectivity index (χ1n) is 9.59. The van der Waals surface area contributed by atoms with Gasteiger partial charge < -0.3 is 9.64 Å². The van der Waals surface area contributed by atoms with E-state index >= 15 is 0 Å². The highest BCUT2D eigenvalue weighted by Gasteiger charge is 2.32. The molecule has 2 aliphatic rings. The van der Waals surface area contributed by atoms with Crippen LogP contribution in [0.3, 0.4) is 0 Å². The highest BCUT2D eigenvalue weighted by molar-refractivity contribution is 6.17. The van der Waals surface area contributed by atoms with Crippen molar-refractivity contribution in [3.63, 3.8) is 0 Å². The number of anilines is 2. The topological polar surface area (TPSA) is 54.5 Å². The second-order valence-electron chi connectivity index (χ2n) is 7.05. The Morgan fingerprint density at radius 3 is 2.96 bits per heavy atom. The van der Waals surface area contributed by atoms with Crippen LogP contribution >= 0.6 is 11.6 Å². The number of amides is 1. The second-order valence-corrected chi connectivity index (χ2v) is 7.42. The standard InChI is InChI=1S/C21H24ClN3O2/c22-10-5-13-27-21(26)24-18-14-16-8-4-11-25-12-9-17(19(23-18)20(16)25)15-6-2-1-3-7-15/h1-3,6-7,14,17H,4-5,8-13H2,(H,23,24,26). The van der Waals surface area contributed by atoms with E-state index in [9.17, 15) is 4.79 Å². The summed E-state index contributed by atoms with van der Waals surface area (Å²) in [4.78, 5) is 19.4. The Bertz CT molecular complexity index is 813. The molecule has 2 aliphatic heterocycles. The first-order valence-corrected chi connectivity index (χ1v) is 10.1. The molecule has 1 N–H and O–H groups in total. The Morgan fingerprint density at radius 1 is 1.30 bits per heavy atom. The molecule has 4 rings (SSSR count). The molecule has 2 aromatic rings. The van der Waals surface area contributed by atoms with Crippen LogP contribution < -0.4 is 10.2 Å². The number of nitrogens with one attached hydrogen (secondary N) is 1. The molecule has 0 aliphatic carbocycles. The normalized spacial score (nSPS) is 18.0. The summed E-state index contributed by atoms with van der Waals surface area (Å²) in [6.07, 6.45) is 3.35. The average Bonchev–Trinajstić information content (AvgIpc) is 2.69. The Labute approximate surface area is 164 Å². The highest BCUT2D eigenvalue weighted by atomic mass is 35.5. The number of hydrogen-bond acceptors (Lipinski definition) is 4. The van der Waals surface area contributed by atoms with Crippen LogP contribution in [0.5, 0.6) is 0 Å². The summed E-state index contributed by atoms with van der Waals surface area (Å²) < 4.78 is 5.17. The number of carbonyl (C=O) groups is 1. The molecule has 5 nitrogen and oxygen atoms in total. The van der Waals surface area contributed by atoms with E-state index in [-0.39, 0.29) is 5.92 Å². The van der Waals surface area contributed by atoms with E-state index in [0.717, 1.165) is 38.0 Å². The summed E-state index contributed by atoms with van der Waals surface area (Å²) in [5, 5.41) is 2.80. The SMILES string of the molecule is O=C(Nc1cc2c3c(n1)C(c1ccccc1)CCN3CCC2)OCCCCl. The number of hydrogen-bond donors (Lipinski definition) is 1. The van der Waals surface area contributed by atoms with Gasteiger partial charge in [-0.05, 0) is 42.9 Å². The number of carbonyl (C=O) groups excluding carboxylic acids is 1. The van der Waals surface area contributed by atoms with Crippen molar-refractivity contribution in [1.82, 2.24) is 4.98 Å². The van der Waals surface area contributed by atoms with Crippen LogP contribution in [0.4, 0.5) is 16.3 Å². The third kappa shape index (κ3) is 3.88. The summed E-state index contributed by atoms with van der Waals surface area (Å²) in [6, 6.07) is 12.5. The molecule has 142 valence electrons. The summed E-state index contributed by atoms with van der Waals surface area (Å²) in [5.41, 5.74) is 4.88. The van der Waals surface area contributed by atoms with Crippen molar-refractivity contribution in [3.8, 4) is 0 Å². The van der Waals surface area contributed by atoms with Gasteiger partial charge in [0.1, 0.15) is 5.82 Å². The first kappa shape index (κ1) is 18.1. The minimum atomic E-state index is -0.473. The smallest absolute Gasteiger partial charge is 0.412 e. The van der Waals surface area contributed by atoms with Crippen molar-refractivity contribution in [2.45, 2.75) is 31.6 Å². The van der Waals surface area contributed by atoms with Crippen molar-refractivity contribution >= 4 is 29.2 Å². The van der Waals surface area contributed by atoms with Crippen molar-refractivity contribution in [2.24, 2.45) is 0 Å². The van der Waals surface area contributed by atoms with Gasteiger partial charge in [-0.3, -0.25) is 5.32 Å². The maximum Gasteiger partial charge on any atom is 0.412 e. The lowest BCUT2D eigenvalue weighted by Gasteiger charge is -2.39. The maximum absolute atomic E-state index is 12.1. The molecule has 0 bridgehead atoms. The molecule has 27 heavy (non-hydrogen) atoms. The predicted octanol–water partition coefficient (Wildman–Crippen LogP) is 4.55. The first-order chi connectivity index (χ1) is 13.3. The lowest BCUT2D eigenvalue weighted by Crippen LogP contribution is -2.37. The third-order valence-corrected chi connectivity index (χ3v) is 5.52. The molecule has 1 unspecified atom stereocenters. The summed E-state index contributed by atoms with van der Waals surface area (Å²) >= 11 is 5.63. The van der Waals surface area contributed by atoms with Gasteiger partial charge in [-0.15, -0.1) is 11.6 Å². The van der Waals surface area contributed by atoms with Gasteiger partial charge in [0.25, 0.3) is 0 Å². The molecule has 0 saturated carbocycles. The maximum atomic E-state index is 12.1. The fraction of sp³-hybridized carbons (Fsp3) is 0.429. The lowest BCUT2D eigenvalue weighted by molar-refractivity contribution is 0.162. The van der Waals surface area contributed by atoms with Crippen LogP contribution in [0.25, 0.3) is 0 Å². The van der Waals surface area contributed by atoms with Crippen LogP contribution in [0, 0.1) is 0 Å². The van der Waals surface area contributed by atoms with E-state index in [2.05, 4.69) is 34.5 Å². The number of ether oxygens (including phenoxy) is 1. The largest absolute Gasteiger partial charge is 0.449 e. The van der Waals surface area contributed by atoms with Gasteiger partial charge >= 0.3 is 6.09 Å². The Hall–Kier alpha value is -2.27. The number of pyridine rings is 1. The molecule has 6 heteroatoms. The van der Waals surface area contributed by atoms with Crippen LogP contribution in [0.1, 0.15) is 42.0 Å². The number of alkyl halides is 1. The molecule has 1 amide bonds. The van der Waals surface area contributed by atoms with Gasteiger partial charge in [-0.25, -0.2) is 9.78 Å². The monoisotopic (exact) mass is 385 g/mol. The molecule has 0 radical (unpaired) electrons. The summed E-state index contributed by atoms with van der Waals surface area (Å²) in [6.45, 7) is 2.44. The van der Waals surface area contributed by atoms with Crippen LogP contribution in [-0.4, -0.2) is 36.7 Å². The number of benzene rings is 1. The van der Waals surface area contributed by atoms with Crippen LogP contribution in [0.2, 0.25) is 0 Å². The predicted molar refractivity (Wildman–Crippen MR) is 108 cm³/mol. The summed E-state index contributed by atoms with van der Waals surface area (Å²) in [7, 11) is 0. The van der Waals surface area contributed by atoms with Crippen LogP contribution in [0.15, 0.2) is 36.4 Å². The van der Waals surface area contributed by atoms with Crippen LogP contribution in [-0.2, 0) is 11.2 Å². The van der Waals surface area contributed by atoms with Crippen molar-refractivity contribution in [1.29, 1.82) is 0 Å². The quantitative estimate of drug-likeness (QED) is 0.606. The Morgan fingerprint density at radius 2 is 2.15 bits per heavy atom. The van der Waals surface area contributed by atoms with E-state index in [1.165, 1.54) is 16.8 Å².